The zero-order valence-corrected chi connectivity index (χ0v) is 16.0. The molecule has 0 amide bonds. The Hall–Kier alpha value is -3.40. The number of hydrogen-bond acceptors (Lipinski definition) is 4. The molecule has 140 valence electrons. The van der Waals surface area contributed by atoms with Gasteiger partial charge in [-0.15, -0.1) is 0 Å². The van der Waals surface area contributed by atoms with Crippen molar-refractivity contribution in [3.05, 3.63) is 95.6 Å². The van der Waals surface area contributed by atoms with Crippen LogP contribution in [0.3, 0.4) is 0 Å². The summed E-state index contributed by atoms with van der Waals surface area (Å²) >= 11 is 0. The predicted molar refractivity (Wildman–Crippen MR) is 115 cm³/mol. The quantitative estimate of drug-likeness (QED) is 0.648. The van der Waals surface area contributed by atoms with E-state index in [-0.39, 0.29) is 12.0 Å². The Balaban J connectivity index is 1.89. The average Bonchev–Trinajstić information content (AvgIpc) is 3.14. The van der Waals surface area contributed by atoms with E-state index in [1.54, 1.807) is 0 Å². The van der Waals surface area contributed by atoms with Crippen LogP contribution in [0.1, 0.15) is 28.7 Å². The molecule has 1 N–H and O–H groups in total. The zero-order valence-electron chi connectivity index (χ0n) is 16.0. The van der Waals surface area contributed by atoms with Crippen molar-refractivity contribution in [2.24, 2.45) is 5.10 Å². The monoisotopic (exact) mass is 369 g/mol. The summed E-state index contributed by atoms with van der Waals surface area (Å²) in [6.45, 7) is 2.07. The summed E-state index contributed by atoms with van der Waals surface area (Å²) in [6, 6.07) is 26.6. The second kappa shape index (κ2) is 7.69. The number of aldehydes is 1. The maximum absolute atomic E-state index is 12.0. The molecule has 0 spiro atoms. The molecule has 1 heterocycles. The lowest BCUT2D eigenvalue weighted by Crippen LogP contribution is -2.25. The summed E-state index contributed by atoms with van der Waals surface area (Å²) in [5.74, 6) is -0.134. The second-order valence-electron chi connectivity index (χ2n) is 7.00. The predicted octanol–water partition coefficient (Wildman–Crippen LogP) is 4.94. The summed E-state index contributed by atoms with van der Waals surface area (Å²) in [6.07, 6.45) is 0.891. The third-order valence-corrected chi connectivity index (χ3v) is 5.24. The Kier molecular flexibility index (Phi) is 4.94. The number of carbonyl (C=O) groups excluding carboxylic acids is 1. The van der Waals surface area contributed by atoms with Crippen molar-refractivity contribution in [2.75, 3.05) is 17.4 Å². The Labute approximate surface area is 165 Å². The lowest BCUT2D eigenvalue weighted by Gasteiger charge is -2.30. The highest BCUT2D eigenvalue weighted by Gasteiger charge is 2.40. The number of aryl methyl sites for hydroxylation is 1. The summed E-state index contributed by atoms with van der Waals surface area (Å²) in [4.78, 5) is 12.0. The topological polar surface area (TPSA) is 44.7 Å². The smallest absolute Gasteiger partial charge is 0.166 e. The fraction of sp³-hybridized carbons (Fsp3) is 0.167. The van der Waals surface area contributed by atoms with Gasteiger partial charge in [-0.1, -0.05) is 72.3 Å². The van der Waals surface area contributed by atoms with Gasteiger partial charge in [-0.3, -0.25) is 9.80 Å². The first-order chi connectivity index (χ1) is 13.7. The Morgan fingerprint density at radius 1 is 0.893 bits per heavy atom. The molecule has 2 atom stereocenters. The third-order valence-electron chi connectivity index (χ3n) is 5.24. The van der Waals surface area contributed by atoms with Gasteiger partial charge >= 0.3 is 0 Å². The number of anilines is 2. The number of nitrogens with one attached hydrogen (secondary N) is 1. The maximum Gasteiger partial charge on any atom is 0.166 e. The summed E-state index contributed by atoms with van der Waals surface area (Å²) in [7, 11) is 1.90. The van der Waals surface area contributed by atoms with Crippen molar-refractivity contribution in [1.29, 1.82) is 0 Å². The molecule has 0 saturated carbocycles. The van der Waals surface area contributed by atoms with Gasteiger partial charge in [0.1, 0.15) is 5.71 Å². The molecule has 0 saturated heterocycles. The highest BCUT2D eigenvalue weighted by molar-refractivity contribution is 6.32. The highest BCUT2D eigenvalue weighted by atomic mass is 16.1. The van der Waals surface area contributed by atoms with E-state index in [1.165, 1.54) is 5.56 Å². The maximum atomic E-state index is 12.0. The van der Waals surface area contributed by atoms with Crippen molar-refractivity contribution in [3.63, 3.8) is 0 Å². The van der Waals surface area contributed by atoms with Crippen molar-refractivity contribution in [2.45, 2.75) is 18.9 Å². The standard InChI is InChI=1S/C24H23N3O/c1-17-12-14-18(15-13-17)23-21(16-28)26-27(22-11-7-6-10-20(22)25-2)24(23)19-8-4-3-5-9-19/h3-16,23-25H,1-2H3. The molecule has 0 fully saturated rings. The first kappa shape index (κ1) is 18.0. The van der Waals surface area contributed by atoms with Crippen molar-refractivity contribution >= 4 is 23.4 Å². The number of hydrogen-bond donors (Lipinski definition) is 1. The molecule has 28 heavy (non-hydrogen) atoms. The first-order valence-corrected chi connectivity index (χ1v) is 9.44. The van der Waals surface area contributed by atoms with Gasteiger partial charge in [0.15, 0.2) is 6.29 Å². The molecule has 4 heteroatoms. The minimum absolute atomic E-state index is 0.0985. The second-order valence-corrected chi connectivity index (χ2v) is 7.00. The number of nitrogens with zero attached hydrogens (tertiary/aromatic N) is 2. The molecular weight excluding hydrogens is 346 g/mol. The molecule has 1 aliphatic heterocycles. The minimum Gasteiger partial charge on any atom is -0.386 e. The molecule has 0 aliphatic carbocycles. The molecule has 0 aromatic heterocycles. The fourth-order valence-electron chi connectivity index (χ4n) is 3.85. The van der Waals surface area contributed by atoms with Crippen LogP contribution in [-0.4, -0.2) is 19.0 Å². The van der Waals surface area contributed by atoms with E-state index < -0.39 is 0 Å². The molecule has 3 aromatic carbocycles. The Morgan fingerprint density at radius 2 is 1.57 bits per heavy atom. The molecule has 0 radical (unpaired) electrons. The van der Waals surface area contributed by atoms with E-state index in [9.17, 15) is 4.79 Å². The molecule has 4 nitrogen and oxygen atoms in total. The number of para-hydroxylation sites is 2. The fourth-order valence-corrected chi connectivity index (χ4v) is 3.85. The molecule has 3 aromatic rings. The van der Waals surface area contributed by atoms with E-state index >= 15 is 0 Å². The highest BCUT2D eigenvalue weighted by Crippen LogP contribution is 2.45. The molecule has 1 aliphatic rings. The van der Waals surface area contributed by atoms with Crippen LogP contribution in [0.25, 0.3) is 0 Å². The van der Waals surface area contributed by atoms with Crippen LogP contribution in [0.4, 0.5) is 11.4 Å². The summed E-state index contributed by atoms with van der Waals surface area (Å²) in [5.41, 5.74) is 5.88. The first-order valence-electron chi connectivity index (χ1n) is 9.44. The van der Waals surface area contributed by atoms with Crippen LogP contribution >= 0.6 is 0 Å². The van der Waals surface area contributed by atoms with E-state index in [0.717, 1.165) is 28.8 Å². The van der Waals surface area contributed by atoms with Crippen molar-refractivity contribution in [3.8, 4) is 0 Å². The summed E-state index contributed by atoms with van der Waals surface area (Å²) in [5, 5.41) is 9.99. The van der Waals surface area contributed by atoms with Gasteiger partial charge in [-0.25, -0.2) is 0 Å². The van der Waals surface area contributed by atoms with Crippen LogP contribution in [0.15, 0.2) is 84.0 Å². The molecule has 0 bridgehead atoms. The third kappa shape index (κ3) is 3.18. The zero-order chi connectivity index (χ0) is 19.5. The van der Waals surface area contributed by atoms with E-state index in [1.807, 2.05) is 54.5 Å². The van der Waals surface area contributed by atoms with E-state index in [0.29, 0.717) is 5.71 Å². The van der Waals surface area contributed by atoms with Gasteiger partial charge in [0, 0.05) is 7.05 Å². The van der Waals surface area contributed by atoms with Crippen molar-refractivity contribution in [1.82, 2.24) is 0 Å². The van der Waals surface area contributed by atoms with Gasteiger partial charge < -0.3 is 5.32 Å². The van der Waals surface area contributed by atoms with Gasteiger partial charge in [0.25, 0.3) is 0 Å². The van der Waals surface area contributed by atoms with Crippen molar-refractivity contribution < 1.29 is 4.79 Å². The molecular formula is C24H23N3O. The van der Waals surface area contributed by atoms with Crippen LogP contribution in [0.5, 0.6) is 0 Å². The lowest BCUT2D eigenvalue weighted by atomic mass is 9.84. The largest absolute Gasteiger partial charge is 0.386 e. The van der Waals surface area contributed by atoms with E-state index in [4.69, 9.17) is 5.10 Å². The van der Waals surface area contributed by atoms with Gasteiger partial charge in [-0.2, -0.15) is 5.10 Å². The van der Waals surface area contributed by atoms with E-state index in [2.05, 4.69) is 48.6 Å². The minimum atomic E-state index is -0.134. The SMILES string of the molecule is CNc1ccccc1N1N=C(C=O)C(c2ccc(C)cc2)C1c1ccccc1. The Bertz CT molecular complexity index is 996. The van der Waals surface area contributed by atoms with Gasteiger partial charge in [-0.05, 0) is 30.2 Å². The Morgan fingerprint density at radius 3 is 2.25 bits per heavy atom. The van der Waals surface area contributed by atoms with Crippen LogP contribution in [0, 0.1) is 6.92 Å². The number of benzene rings is 3. The number of carbonyl (C=O) groups is 1. The summed E-state index contributed by atoms with van der Waals surface area (Å²) < 4.78 is 0. The molecule has 4 rings (SSSR count). The average molecular weight is 369 g/mol. The normalized spacial score (nSPS) is 18.6. The number of hydrazone groups is 1. The number of rotatable bonds is 5. The van der Waals surface area contributed by atoms with Crippen LogP contribution in [0.2, 0.25) is 0 Å². The molecule has 2 unspecified atom stereocenters. The van der Waals surface area contributed by atoms with Crippen LogP contribution < -0.4 is 10.3 Å². The van der Waals surface area contributed by atoms with Gasteiger partial charge in [0.2, 0.25) is 0 Å². The lowest BCUT2D eigenvalue weighted by molar-refractivity contribution is -0.102. The van der Waals surface area contributed by atoms with Gasteiger partial charge in [0.05, 0.1) is 23.3 Å². The van der Waals surface area contributed by atoms with Crippen LogP contribution in [-0.2, 0) is 4.79 Å².